The van der Waals surface area contributed by atoms with Crippen molar-refractivity contribution in [3.63, 3.8) is 0 Å². The van der Waals surface area contributed by atoms with Crippen molar-refractivity contribution in [3.05, 3.63) is 59.9 Å². The minimum Gasteiger partial charge on any atom is -0.480 e. The highest BCUT2D eigenvalue weighted by Gasteiger charge is 2.27. The number of imidazole rings is 1. The molecule has 28 heavy (non-hydrogen) atoms. The molecule has 1 fully saturated rings. The van der Waals surface area contributed by atoms with Gasteiger partial charge in [0.2, 0.25) is 0 Å². The second-order valence-corrected chi connectivity index (χ2v) is 7.29. The van der Waals surface area contributed by atoms with Gasteiger partial charge < -0.3 is 5.11 Å². The number of fused-ring (bicyclic) bond motifs is 1. The Balaban J connectivity index is 1.67. The molecule has 0 aliphatic heterocycles. The van der Waals surface area contributed by atoms with Crippen molar-refractivity contribution in [2.75, 3.05) is 0 Å². The predicted octanol–water partition coefficient (Wildman–Crippen LogP) is 4.01. The number of rotatable bonds is 7. The smallest absolute Gasteiger partial charge is 0.320 e. The summed E-state index contributed by atoms with van der Waals surface area (Å²) < 4.78 is 28.7. The number of halogens is 2. The molecule has 0 spiro atoms. The molecule has 146 valence electrons. The number of aliphatic carboxylic acids is 1. The summed E-state index contributed by atoms with van der Waals surface area (Å²) in [7, 11) is 0. The zero-order chi connectivity index (χ0) is 19.7. The minimum absolute atomic E-state index is 0.209. The number of nitrogens with zero attached hydrogens (tertiary/aromatic N) is 2. The Bertz CT molecular complexity index is 997. The molecule has 1 saturated carbocycles. The zero-order valence-corrected chi connectivity index (χ0v) is 15.2. The number of nitrogens with one attached hydrogen (secondary N) is 1. The lowest BCUT2D eigenvalue weighted by molar-refractivity contribution is -0.140. The van der Waals surface area contributed by atoms with Crippen LogP contribution in [0.5, 0.6) is 0 Å². The van der Waals surface area contributed by atoms with E-state index in [0.29, 0.717) is 34.9 Å². The van der Waals surface area contributed by atoms with Crippen LogP contribution >= 0.6 is 0 Å². The van der Waals surface area contributed by atoms with Crippen molar-refractivity contribution >= 4 is 11.6 Å². The normalized spacial score (nSPS) is 15.5. The average molecular weight is 385 g/mol. The molecule has 4 rings (SSSR count). The molecule has 0 amide bonds. The fraction of sp³-hybridized carbons (Fsp3) is 0.333. The quantitative estimate of drug-likeness (QED) is 0.645. The van der Waals surface area contributed by atoms with E-state index in [1.54, 1.807) is 22.6 Å². The first-order valence-corrected chi connectivity index (χ1v) is 9.40. The van der Waals surface area contributed by atoms with Crippen LogP contribution in [0.4, 0.5) is 8.78 Å². The van der Waals surface area contributed by atoms with Crippen molar-refractivity contribution < 1.29 is 18.7 Å². The molecule has 7 heteroatoms. The largest absolute Gasteiger partial charge is 0.480 e. The summed E-state index contributed by atoms with van der Waals surface area (Å²) in [5.74, 6) is -1.23. The van der Waals surface area contributed by atoms with Crippen LogP contribution in [0, 0.1) is 17.6 Å². The van der Waals surface area contributed by atoms with Gasteiger partial charge in [0.15, 0.2) is 0 Å². The van der Waals surface area contributed by atoms with Crippen molar-refractivity contribution in [1.82, 2.24) is 14.7 Å². The monoisotopic (exact) mass is 385 g/mol. The predicted molar refractivity (Wildman–Crippen MR) is 101 cm³/mol. The Morgan fingerprint density at radius 2 is 1.89 bits per heavy atom. The Morgan fingerprint density at radius 1 is 1.18 bits per heavy atom. The van der Waals surface area contributed by atoms with Crippen molar-refractivity contribution in [3.8, 4) is 11.3 Å². The van der Waals surface area contributed by atoms with Crippen molar-refractivity contribution in [1.29, 1.82) is 0 Å². The van der Waals surface area contributed by atoms with Crippen molar-refractivity contribution in [2.45, 2.75) is 38.3 Å². The highest BCUT2D eigenvalue weighted by molar-refractivity contribution is 5.73. The molecule has 2 aromatic heterocycles. The van der Waals surface area contributed by atoms with Gasteiger partial charge in [0.05, 0.1) is 11.4 Å². The third-order valence-electron chi connectivity index (χ3n) is 5.41. The van der Waals surface area contributed by atoms with Gasteiger partial charge in [0.1, 0.15) is 23.3 Å². The fourth-order valence-electron chi connectivity index (χ4n) is 3.63. The summed E-state index contributed by atoms with van der Waals surface area (Å²) in [4.78, 5) is 16.2. The molecule has 1 aliphatic rings. The van der Waals surface area contributed by atoms with E-state index in [0.717, 1.165) is 19.3 Å². The summed E-state index contributed by atoms with van der Waals surface area (Å²) in [6, 6.07) is 8.12. The van der Waals surface area contributed by atoms with Gasteiger partial charge in [-0.2, -0.15) is 0 Å². The molecule has 1 atom stereocenters. The number of hydrogen-bond donors (Lipinski definition) is 2. The van der Waals surface area contributed by atoms with E-state index < -0.39 is 17.8 Å². The van der Waals surface area contributed by atoms with Crippen LogP contribution in [0.3, 0.4) is 0 Å². The Morgan fingerprint density at radius 3 is 2.54 bits per heavy atom. The number of pyridine rings is 1. The Kier molecular flexibility index (Phi) is 5.09. The molecule has 2 heterocycles. The molecule has 2 N–H and O–H groups in total. The van der Waals surface area contributed by atoms with Gasteiger partial charge in [-0.15, -0.1) is 0 Å². The molecule has 5 nitrogen and oxygen atoms in total. The van der Waals surface area contributed by atoms with Gasteiger partial charge in [-0.25, -0.2) is 13.8 Å². The molecule has 3 aromatic rings. The molecular weight excluding hydrogens is 364 g/mol. The number of aromatic nitrogens is 2. The summed E-state index contributed by atoms with van der Waals surface area (Å²) in [6.45, 7) is 0.209. The van der Waals surface area contributed by atoms with Crippen LogP contribution in [0.1, 0.15) is 31.4 Å². The summed E-state index contributed by atoms with van der Waals surface area (Å²) in [5.41, 5.74) is 2.45. The van der Waals surface area contributed by atoms with E-state index >= 15 is 0 Å². The number of benzene rings is 1. The maximum Gasteiger partial charge on any atom is 0.320 e. The van der Waals surface area contributed by atoms with E-state index in [-0.39, 0.29) is 12.4 Å². The van der Waals surface area contributed by atoms with Crippen LogP contribution in [-0.2, 0) is 11.3 Å². The van der Waals surface area contributed by atoms with Crippen LogP contribution in [-0.4, -0.2) is 26.5 Å². The Hall–Kier alpha value is -2.80. The lowest BCUT2D eigenvalue weighted by atomic mass is 9.81. The number of hydrogen-bond acceptors (Lipinski definition) is 3. The van der Waals surface area contributed by atoms with Gasteiger partial charge in [-0.3, -0.25) is 14.5 Å². The van der Waals surface area contributed by atoms with E-state index in [1.807, 2.05) is 0 Å². The van der Waals surface area contributed by atoms with E-state index in [1.165, 1.54) is 24.4 Å². The van der Waals surface area contributed by atoms with Crippen molar-refractivity contribution in [2.24, 2.45) is 5.92 Å². The second kappa shape index (κ2) is 7.67. The third kappa shape index (κ3) is 3.75. The number of carbonyl (C=O) groups is 1. The SMILES string of the molecule is O=C(O)C(CC1CCC1)NCc1c(-c2ccc(F)cc2)nc2ccc(F)cn12. The summed E-state index contributed by atoms with van der Waals surface area (Å²) in [5, 5.41) is 12.7. The van der Waals surface area contributed by atoms with Crippen LogP contribution in [0.25, 0.3) is 16.9 Å². The van der Waals surface area contributed by atoms with Crippen LogP contribution < -0.4 is 5.32 Å². The molecule has 1 aromatic carbocycles. The number of carboxylic acids is 1. The molecular formula is C21H21F2N3O2. The lowest BCUT2D eigenvalue weighted by Crippen LogP contribution is -2.39. The fourth-order valence-corrected chi connectivity index (χ4v) is 3.63. The van der Waals surface area contributed by atoms with Gasteiger partial charge in [0, 0.05) is 18.3 Å². The summed E-state index contributed by atoms with van der Waals surface area (Å²) >= 11 is 0. The molecule has 0 bridgehead atoms. The highest BCUT2D eigenvalue weighted by atomic mass is 19.1. The van der Waals surface area contributed by atoms with E-state index in [9.17, 15) is 18.7 Å². The maximum absolute atomic E-state index is 13.8. The first kappa shape index (κ1) is 18.6. The Labute approximate surface area is 161 Å². The molecule has 1 unspecified atom stereocenters. The van der Waals surface area contributed by atoms with E-state index in [2.05, 4.69) is 10.3 Å². The molecule has 0 saturated heterocycles. The third-order valence-corrected chi connectivity index (χ3v) is 5.41. The summed E-state index contributed by atoms with van der Waals surface area (Å²) in [6.07, 6.45) is 5.18. The second-order valence-electron chi connectivity index (χ2n) is 7.29. The zero-order valence-electron chi connectivity index (χ0n) is 15.2. The number of carboxylic acid groups (broad SMARTS) is 1. The van der Waals surface area contributed by atoms with Gasteiger partial charge in [-0.1, -0.05) is 19.3 Å². The maximum atomic E-state index is 13.8. The molecule has 1 aliphatic carbocycles. The van der Waals surface area contributed by atoms with E-state index in [4.69, 9.17) is 0 Å². The topological polar surface area (TPSA) is 66.6 Å². The average Bonchev–Trinajstić information content (AvgIpc) is 2.98. The first-order chi connectivity index (χ1) is 13.5. The highest BCUT2D eigenvalue weighted by Crippen LogP contribution is 2.31. The molecule has 0 radical (unpaired) electrons. The van der Waals surface area contributed by atoms with Gasteiger partial charge in [-0.05, 0) is 48.7 Å². The first-order valence-electron chi connectivity index (χ1n) is 9.40. The minimum atomic E-state index is -0.893. The lowest BCUT2D eigenvalue weighted by Gasteiger charge is -2.28. The van der Waals surface area contributed by atoms with Gasteiger partial charge >= 0.3 is 5.97 Å². The van der Waals surface area contributed by atoms with Crippen LogP contribution in [0.2, 0.25) is 0 Å². The van der Waals surface area contributed by atoms with Crippen LogP contribution in [0.15, 0.2) is 42.6 Å². The standard InChI is InChI=1S/C21H21F2N3O2/c22-15-6-4-14(5-7-15)20-18(26-12-16(23)8-9-19(26)25-20)11-24-17(21(27)28)10-13-2-1-3-13/h4-9,12-13,17,24H,1-3,10-11H2,(H,27,28). The van der Waals surface area contributed by atoms with Gasteiger partial charge in [0.25, 0.3) is 0 Å².